The summed E-state index contributed by atoms with van der Waals surface area (Å²) < 4.78 is 0. The van der Waals surface area contributed by atoms with Crippen molar-refractivity contribution in [3.63, 3.8) is 0 Å². The van der Waals surface area contributed by atoms with Crippen molar-refractivity contribution in [1.82, 2.24) is 4.90 Å². The first-order valence-corrected chi connectivity index (χ1v) is 6.10. The van der Waals surface area contributed by atoms with E-state index in [2.05, 4.69) is 4.90 Å². The van der Waals surface area contributed by atoms with Crippen LogP contribution in [0.15, 0.2) is 24.3 Å². The van der Waals surface area contributed by atoms with Gasteiger partial charge in [0.1, 0.15) is 5.75 Å². The summed E-state index contributed by atoms with van der Waals surface area (Å²) in [7, 11) is 0. The van der Waals surface area contributed by atoms with Crippen LogP contribution in [0.5, 0.6) is 5.75 Å². The van der Waals surface area contributed by atoms with Crippen molar-refractivity contribution >= 4 is 12.0 Å². The van der Waals surface area contributed by atoms with Crippen LogP contribution < -0.4 is 0 Å². The van der Waals surface area contributed by atoms with E-state index in [-0.39, 0.29) is 5.75 Å². The lowest BCUT2D eigenvalue weighted by Gasteiger charge is -2.15. The van der Waals surface area contributed by atoms with Gasteiger partial charge in [-0.2, -0.15) is 0 Å². The summed E-state index contributed by atoms with van der Waals surface area (Å²) in [5.74, 6) is -0.696. The Morgan fingerprint density at radius 3 is 2.72 bits per heavy atom. The molecule has 1 aromatic rings. The number of aliphatic carboxylic acids is 1. The first-order chi connectivity index (χ1) is 8.65. The number of carbonyl (C=O) groups is 1. The smallest absolute Gasteiger partial charge is 0.328 e. The van der Waals surface area contributed by atoms with Crippen LogP contribution in [0.3, 0.4) is 0 Å². The summed E-state index contributed by atoms with van der Waals surface area (Å²) in [5, 5.41) is 18.4. The van der Waals surface area contributed by atoms with Crippen molar-refractivity contribution in [3.8, 4) is 5.75 Å². The zero-order valence-electron chi connectivity index (χ0n) is 10.2. The van der Waals surface area contributed by atoms with E-state index in [4.69, 9.17) is 5.11 Å². The number of phenols is 1. The molecule has 1 aliphatic heterocycles. The van der Waals surface area contributed by atoms with Gasteiger partial charge in [0.05, 0.1) is 0 Å². The van der Waals surface area contributed by atoms with E-state index in [9.17, 15) is 9.90 Å². The molecule has 0 amide bonds. The predicted octanol–water partition coefficient (Wildman–Crippen LogP) is 2.09. The molecule has 4 nitrogen and oxygen atoms in total. The lowest BCUT2D eigenvalue weighted by molar-refractivity contribution is -0.131. The highest BCUT2D eigenvalue weighted by Gasteiger charge is 2.13. The van der Waals surface area contributed by atoms with Crippen molar-refractivity contribution in [2.75, 3.05) is 13.1 Å². The number of nitrogens with zero attached hydrogens (tertiary/aromatic N) is 1. The molecule has 1 saturated heterocycles. The van der Waals surface area contributed by atoms with Gasteiger partial charge in [0, 0.05) is 18.2 Å². The highest BCUT2D eigenvalue weighted by Crippen LogP contribution is 2.22. The van der Waals surface area contributed by atoms with Gasteiger partial charge >= 0.3 is 5.97 Å². The second-order valence-corrected chi connectivity index (χ2v) is 4.54. The lowest BCUT2D eigenvalue weighted by atomic mass is 10.1. The Morgan fingerprint density at radius 1 is 1.33 bits per heavy atom. The van der Waals surface area contributed by atoms with Crippen molar-refractivity contribution in [2.24, 2.45) is 0 Å². The number of aromatic hydroxyl groups is 1. The number of benzene rings is 1. The summed E-state index contributed by atoms with van der Waals surface area (Å²) in [6.07, 6.45) is 5.06. The fourth-order valence-corrected chi connectivity index (χ4v) is 2.18. The summed E-state index contributed by atoms with van der Waals surface area (Å²) in [6.45, 7) is 2.85. The summed E-state index contributed by atoms with van der Waals surface area (Å²) in [5.41, 5.74) is 1.65. The quantitative estimate of drug-likeness (QED) is 0.800. The maximum absolute atomic E-state index is 10.5. The number of phenolic OH excluding ortho intramolecular Hbond substituents is 1. The summed E-state index contributed by atoms with van der Waals surface area (Å²) in [6, 6.07) is 5.17. The van der Waals surface area contributed by atoms with Gasteiger partial charge in [-0.3, -0.25) is 4.90 Å². The van der Waals surface area contributed by atoms with Gasteiger partial charge in [-0.25, -0.2) is 4.79 Å². The Bertz CT molecular complexity index is 462. The van der Waals surface area contributed by atoms with Crippen molar-refractivity contribution in [2.45, 2.75) is 19.4 Å². The van der Waals surface area contributed by atoms with Gasteiger partial charge < -0.3 is 10.2 Å². The molecule has 2 rings (SSSR count). The molecule has 2 N–H and O–H groups in total. The third-order valence-electron chi connectivity index (χ3n) is 3.11. The fraction of sp³-hybridized carbons (Fsp3) is 0.357. The molecule has 1 fully saturated rings. The van der Waals surface area contributed by atoms with Gasteiger partial charge in [0.15, 0.2) is 0 Å². The normalized spacial score (nSPS) is 16.4. The Kier molecular flexibility index (Phi) is 3.99. The Labute approximate surface area is 106 Å². The van der Waals surface area contributed by atoms with Gasteiger partial charge in [-0.15, -0.1) is 0 Å². The minimum Gasteiger partial charge on any atom is -0.508 e. The minimum atomic E-state index is -0.968. The largest absolute Gasteiger partial charge is 0.508 e. The monoisotopic (exact) mass is 247 g/mol. The maximum atomic E-state index is 10.5. The molecule has 0 aliphatic carbocycles. The average Bonchev–Trinajstić information content (AvgIpc) is 2.83. The molecular weight excluding hydrogens is 230 g/mol. The number of likely N-dealkylation sites (tertiary alicyclic amines) is 1. The third-order valence-corrected chi connectivity index (χ3v) is 3.11. The molecule has 18 heavy (non-hydrogen) atoms. The van der Waals surface area contributed by atoms with E-state index >= 15 is 0 Å². The molecule has 1 aromatic carbocycles. The molecule has 0 unspecified atom stereocenters. The number of carboxylic acid groups (broad SMARTS) is 1. The summed E-state index contributed by atoms with van der Waals surface area (Å²) in [4.78, 5) is 12.8. The molecule has 0 bridgehead atoms. The molecule has 0 radical (unpaired) electrons. The van der Waals surface area contributed by atoms with E-state index in [1.54, 1.807) is 12.1 Å². The third kappa shape index (κ3) is 3.34. The average molecular weight is 247 g/mol. The van der Waals surface area contributed by atoms with Crippen molar-refractivity contribution in [1.29, 1.82) is 0 Å². The van der Waals surface area contributed by atoms with Gasteiger partial charge in [-0.05, 0) is 49.7 Å². The zero-order valence-corrected chi connectivity index (χ0v) is 10.2. The molecule has 0 spiro atoms. The van der Waals surface area contributed by atoms with Crippen LogP contribution in [-0.2, 0) is 11.3 Å². The van der Waals surface area contributed by atoms with Crippen LogP contribution in [0.2, 0.25) is 0 Å². The molecule has 0 aromatic heterocycles. The second kappa shape index (κ2) is 5.69. The Hall–Kier alpha value is -1.81. The topological polar surface area (TPSA) is 60.8 Å². The van der Waals surface area contributed by atoms with Gasteiger partial charge in [-0.1, -0.05) is 6.07 Å². The molecule has 0 atom stereocenters. The van der Waals surface area contributed by atoms with E-state index in [1.807, 2.05) is 6.07 Å². The SMILES string of the molecule is O=C(O)/C=C/c1ccc(O)c(CN2CCCC2)c1. The van der Waals surface area contributed by atoms with Crippen LogP contribution in [0.1, 0.15) is 24.0 Å². The van der Waals surface area contributed by atoms with Crippen LogP contribution in [-0.4, -0.2) is 34.2 Å². The highest BCUT2D eigenvalue weighted by molar-refractivity contribution is 5.85. The van der Waals surface area contributed by atoms with E-state index in [1.165, 1.54) is 18.9 Å². The second-order valence-electron chi connectivity index (χ2n) is 4.54. The van der Waals surface area contributed by atoms with Gasteiger partial charge in [0.2, 0.25) is 0 Å². The minimum absolute atomic E-state index is 0.273. The Morgan fingerprint density at radius 2 is 2.06 bits per heavy atom. The van der Waals surface area contributed by atoms with Crippen LogP contribution in [0, 0.1) is 0 Å². The first-order valence-electron chi connectivity index (χ1n) is 6.10. The molecule has 1 heterocycles. The number of rotatable bonds is 4. The number of hydrogen-bond donors (Lipinski definition) is 2. The highest BCUT2D eigenvalue weighted by atomic mass is 16.4. The van der Waals surface area contributed by atoms with E-state index < -0.39 is 5.97 Å². The van der Waals surface area contributed by atoms with Gasteiger partial charge in [0.25, 0.3) is 0 Å². The standard InChI is InChI=1S/C14H17NO3/c16-13-5-3-11(4-6-14(17)18)9-12(13)10-15-7-1-2-8-15/h3-6,9,16H,1-2,7-8,10H2,(H,17,18)/b6-4+. The van der Waals surface area contributed by atoms with Crippen molar-refractivity contribution < 1.29 is 15.0 Å². The Balaban J connectivity index is 2.12. The van der Waals surface area contributed by atoms with Crippen LogP contribution in [0.25, 0.3) is 6.08 Å². The molecular formula is C14H17NO3. The van der Waals surface area contributed by atoms with Crippen LogP contribution in [0.4, 0.5) is 0 Å². The predicted molar refractivity (Wildman–Crippen MR) is 69.3 cm³/mol. The van der Waals surface area contributed by atoms with Crippen molar-refractivity contribution in [3.05, 3.63) is 35.4 Å². The van der Waals surface area contributed by atoms with E-state index in [0.717, 1.165) is 36.8 Å². The zero-order chi connectivity index (χ0) is 13.0. The maximum Gasteiger partial charge on any atom is 0.328 e. The van der Waals surface area contributed by atoms with E-state index in [0.29, 0.717) is 0 Å². The molecule has 0 saturated carbocycles. The van der Waals surface area contributed by atoms with Crippen LogP contribution >= 0.6 is 0 Å². The number of carboxylic acids is 1. The lowest BCUT2D eigenvalue weighted by Crippen LogP contribution is -2.18. The first kappa shape index (κ1) is 12.6. The molecule has 1 aliphatic rings. The molecule has 96 valence electrons. The fourth-order valence-electron chi connectivity index (χ4n) is 2.18. The summed E-state index contributed by atoms with van der Waals surface area (Å²) >= 11 is 0. The number of hydrogen-bond acceptors (Lipinski definition) is 3. The molecule has 4 heteroatoms.